The molecule has 1 N–H and O–H groups in total. The van der Waals surface area contributed by atoms with E-state index in [1.165, 1.54) is 0 Å². The molecule has 7 heteroatoms. The summed E-state index contributed by atoms with van der Waals surface area (Å²) in [6.07, 6.45) is 2.81. The summed E-state index contributed by atoms with van der Waals surface area (Å²) in [5.74, 6) is 2.01. The predicted molar refractivity (Wildman–Crippen MR) is 117 cm³/mol. The van der Waals surface area contributed by atoms with Gasteiger partial charge in [0.25, 0.3) is 0 Å². The molecule has 28 heavy (non-hydrogen) atoms. The van der Waals surface area contributed by atoms with E-state index in [9.17, 15) is 0 Å². The molecule has 0 bridgehead atoms. The number of nitrogens with one attached hydrogen (secondary N) is 1. The summed E-state index contributed by atoms with van der Waals surface area (Å²) in [5.41, 5.74) is 4.35. The summed E-state index contributed by atoms with van der Waals surface area (Å²) in [6, 6.07) is 20.7. The fourth-order valence-electron chi connectivity index (χ4n) is 2.83. The molecule has 142 valence electrons. The number of hydrogen-bond donors (Lipinski definition) is 1. The van der Waals surface area contributed by atoms with Crippen LogP contribution in [0.15, 0.2) is 77.3 Å². The minimum atomic E-state index is 0.959. The number of imidazole rings is 1. The lowest BCUT2D eigenvalue weighted by atomic mass is 10.1. The zero-order valence-corrected chi connectivity index (χ0v) is 17.2. The Morgan fingerprint density at radius 3 is 2.25 bits per heavy atom. The van der Waals surface area contributed by atoms with Crippen LogP contribution >= 0.6 is 23.5 Å². The number of benzene rings is 2. The van der Waals surface area contributed by atoms with Gasteiger partial charge in [0.1, 0.15) is 6.33 Å². The average molecular weight is 408 g/mol. The Morgan fingerprint density at radius 2 is 1.57 bits per heavy atom. The molecule has 0 saturated heterocycles. The van der Waals surface area contributed by atoms with Crippen LogP contribution < -0.4 is 0 Å². The lowest BCUT2D eigenvalue weighted by molar-refractivity contribution is 0.788. The van der Waals surface area contributed by atoms with Gasteiger partial charge in [-0.15, -0.1) is 10.2 Å². The first-order valence-corrected chi connectivity index (χ1v) is 11.1. The lowest BCUT2D eigenvalue weighted by Gasteiger charge is -2.02. The molecule has 0 fully saturated rings. The van der Waals surface area contributed by atoms with Crippen LogP contribution in [-0.2, 0) is 7.05 Å². The van der Waals surface area contributed by atoms with E-state index in [2.05, 4.69) is 63.7 Å². The smallest absolute Gasteiger partial charge is 0.190 e. The van der Waals surface area contributed by atoms with E-state index in [1.807, 2.05) is 23.7 Å². The number of aromatic nitrogens is 5. The maximum Gasteiger partial charge on any atom is 0.190 e. The number of rotatable bonds is 8. The zero-order valence-electron chi connectivity index (χ0n) is 15.6. The molecule has 2 aromatic heterocycles. The molecule has 0 atom stereocenters. The van der Waals surface area contributed by atoms with Crippen LogP contribution in [0.25, 0.3) is 22.5 Å². The van der Waals surface area contributed by atoms with Crippen LogP contribution in [0.3, 0.4) is 0 Å². The molecule has 0 amide bonds. The Kier molecular flexibility index (Phi) is 6.14. The number of H-pyrrole nitrogens is 1. The van der Waals surface area contributed by atoms with Gasteiger partial charge in [-0.3, -0.25) is 0 Å². The number of hydrogen-bond acceptors (Lipinski definition) is 5. The van der Waals surface area contributed by atoms with Gasteiger partial charge >= 0.3 is 0 Å². The number of thioether (sulfide) groups is 2. The third kappa shape index (κ3) is 4.48. The number of aromatic amines is 1. The third-order valence-electron chi connectivity index (χ3n) is 4.22. The van der Waals surface area contributed by atoms with Gasteiger partial charge in [-0.05, 0) is 6.42 Å². The Bertz CT molecular complexity index is 955. The second kappa shape index (κ2) is 9.12. The van der Waals surface area contributed by atoms with Gasteiger partial charge < -0.3 is 9.55 Å². The van der Waals surface area contributed by atoms with Gasteiger partial charge in [-0.1, -0.05) is 84.2 Å². The third-order valence-corrected chi connectivity index (χ3v) is 6.30. The quantitative estimate of drug-likeness (QED) is 0.323. The molecular weight excluding hydrogens is 386 g/mol. The summed E-state index contributed by atoms with van der Waals surface area (Å²) in [7, 11) is 1.97. The highest BCUT2D eigenvalue weighted by Crippen LogP contribution is 2.32. The molecule has 0 aliphatic rings. The zero-order chi connectivity index (χ0) is 19.2. The lowest BCUT2D eigenvalue weighted by Crippen LogP contribution is -1.91. The van der Waals surface area contributed by atoms with E-state index in [1.54, 1.807) is 29.9 Å². The van der Waals surface area contributed by atoms with Crippen molar-refractivity contribution in [3.8, 4) is 22.5 Å². The first-order chi connectivity index (χ1) is 13.8. The Labute approximate surface area is 173 Å². The molecule has 5 nitrogen and oxygen atoms in total. The SMILES string of the molecule is Cn1cnnc1SCCCSc1nc(-c2ccccc2)c(-c2ccccc2)[nH]1. The van der Waals surface area contributed by atoms with Crippen LogP contribution in [0, 0.1) is 0 Å². The van der Waals surface area contributed by atoms with Gasteiger partial charge in [0, 0.05) is 29.7 Å². The highest BCUT2D eigenvalue weighted by atomic mass is 32.2. The van der Waals surface area contributed by atoms with E-state index in [-0.39, 0.29) is 0 Å². The average Bonchev–Trinajstić information content (AvgIpc) is 3.35. The Morgan fingerprint density at radius 1 is 0.893 bits per heavy atom. The van der Waals surface area contributed by atoms with Crippen LogP contribution in [0.4, 0.5) is 0 Å². The van der Waals surface area contributed by atoms with Gasteiger partial charge in [-0.2, -0.15) is 0 Å². The van der Waals surface area contributed by atoms with Crippen molar-refractivity contribution in [3.63, 3.8) is 0 Å². The number of nitrogens with zero attached hydrogens (tertiary/aromatic N) is 4. The van der Waals surface area contributed by atoms with Crippen LogP contribution in [0.5, 0.6) is 0 Å². The van der Waals surface area contributed by atoms with E-state index < -0.39 is 0 Å². The topological polar surface area (TPSA) is 59.4 Å². The van der Waals surface area contributed by atoms with Crippen molar-refractivity contribution in [1.82, 2.24) is 24.7 Å². The summed E-state index contributed by atoms with van der Waals surface area (Å²) in [4.78, 5) is 8.42. The normalized spacial score (nSPS) is 11.0. The van der Waals surface area contributed by atoms with Crippen molar-refractivity contribution in [3.05, 3.63) is 67.0 Å². The van der Waals surface area contributed by atoms with Crippen molar-refractivity contribution < 1.29 is 0 Å². The van der Waals surface area contributed by atoms with E-state index in [0.29, 0.717) is 0 Å². The summed E-state index contributed by atoms with van der Waals surface area (Å²) >= 11 is 3.50. The molecule has 2 aromatic carbocycles. The molecule has 0 aliphatic carbocycles. The highest BCUT2D eigenvalue weighted by molar-refractivity contribution is 8.00. The van der Waals surface area contributed by atoms with Crippen molar-refractivity contribution in [2.24, 2.45) is 7.05 Å². The van der Waals surface area contributed by atoms with E-state index in [0.717, 1.165) is 50.8 Å². The molecule has 0 saturated carbocycles. The van der Waals surface area contributed by atoms with Crippen LogP contribution in [0.2, 0.25) is 0 Å². The molecule has 2 heterocycles. The fraction of sp³-hybridized carbons (Fsp3) is 0.190. The van der Waals surface area contributed by atoms with Gasteiger partial charge in [0.15, 0.2) is 10.3 Å². The fourth-order valence-corrected chi connectivity index (χ4v) is 4.65. The summed E-state index contributed by atoms with van der Waals surface area (Å²) < 4.78 is 1.95. The minimum absolute atomic E-state index is 0.959. The van der Waals surface area contributed by atoms with Gasteiger partial charge in [0.2, 0.25) is 0 Å². The van der Waals surface area contributed by atoms with Crippen molar-refractivity contribution in [1.29, 1.82) is 0 Å². The Hall–Kier alpha value is -2.51. The van der Waals surface area contributed by atoms with Crippen molar-refractivity contribution in [2.75, 3.05) is 11.5 Å². The minimum Gasteiger partial charge on any atom is -0.332 e. The Balaban J connectivity index is 1.44. The summed E-state index contributed by atoms with van der Waals surface area (Å²) in [5, 5.41) is 9.93. The van der Waals surface area contributed by atoms with Crippen LogP contribution in [-0.4, -0.2) is 36.2 Å². The second-order valence-corrected chi connectivity index (χ2v) is 8.42. The number of aryl methyl sites for hydroxylation is 1. The predicted octanol–water partition coefficient (Wildman–Crippen LogP) is 5.15. The molecule has 0 spiro atoms. The largest absolute Gasteiger partial charge is 0.332 e. The van der Waals surface area contributed by atoms with E-state index in [4.69, 9.17) is 4.98 Å². The first kappa shape index (κ1) is 18.8. The standard InChI is InChI=1S/C21H21N5S2/c1-26-15-22-25-21(26)28-14-8-13-27-20-23-18(16-9-4-2-5-10-16)19(24-20)17-11-6-3-7-12-17/h2-7,9-12,15H,8,13-14H2,1H3,(H,23,24). The summed E-state index contributed by atoms with van der Waals surface area (Å²) in [6.45, 7) is 0. The monoisotopic (exact) mass is 407 g/mol. The molecule has 4 aromatic rings. The molecule has 4 rings (SSSR count). The maximum atomic E-state index is 4.89. The second-order valence-electron chi connectivity index (χ2n) is 6.27. The van der Waals surface area contributed by atoms with Crippen molar-refractivity contribution >= 4 is 23.5 Å². The maximum absolute atomic E-state index is 4.89. The van der Waals surface area contributed by atoms with Crippen LogP contribution in [0.1, 0.15) is 6.42 Å². The molecule has 0 radical (unpaired) electrons. The van der Waals surface area contributed by atoms with E-state index >= 15 is 0 Å². The molecular formula is C21H21N5S2. The highest BCUT2D eigenvalue weighted by Gasteiger charge is 2.14. The molecule has 0 unspecified atom stereocenters. The van der Waals surface area contributed by atoms with Crippen molar-refractivity contribution in [2.45, 2.75) is 16.7 Å². The van der Waals surface area contributed by atoms with Gasteiger partial charge in [0.05, 0.1) is 11.4 Å². The molecule has 0 aliphatic heterocycles. The van der Waals surface area contributed by atoms with Gasteiger partial charge in [-0.25, -0.2) is 4.98 Å². The first-order valence-electron chi connectivity index (χ1n) is 9.12.